The Kier molecular flexibility index (Phi) is 3.83. The van der Waals surface area contributed by atoms with Crippen LogP contribution < -0.4 is 10.6 Å². The lowest BCUT2D eigenvalue weighted by molar-refractivity contribution is -0.123. The summed E-state index contributed by atoms with van der Waals surface area (Å²) in [5.41, 5.74) is 4.19. The molecule has 1 fully saturated rings. The first-order valence-corrected chi connectivity index (χ1v) is 7.45. The van der Waals surface area contributed by atoms with E-state index in [9.17, 15) is 4.79 Å². The highest BCUT2D eigenvalue weighted by atomic mass is 16.2. The Hall–Kier alpha value is -1.35. The lowest BCUT2D eigenvalue weighted by atomic mass is 10.0. The van der Waals surface area contributed by atoms with Crippen molar-refractivity contribution in [3.8, 4) is 0 Å². The van der Waals surface area contributed by atoms with Gasteiger partial charge in [0.15, 0.2) is 0 Å². The van der Waals surface area contributed by atoms with Crippen molar-refractivity contribution in [1.82, 2.24) is 10.6 Å². The van der Waals surface area contributed by atoms with E-state index in [-0.39, 0.29) is 11.9 Å². The van der Waals surface area contributed by atoms with Gasteiger partial charge in [-0.2, -0.15) is 0 Å². The van der Waals surface area contributed by atoms with Crippen molar-refractivity contribution in [2.24, 2.45) is 0 Å². The number of benzene rings is 1. The number of carbonyl (C=O) groups excluding carboxylic acids is 1. The summed E-state index contributed by atoms with van der Waals surface area (Å²) in [6.07, 6.45) is 7.00. The topological polar surface area (TPSA) is 41.1 Å². The summed E-state index contributed by atoms with van der Waals surface area (Å²) in [4.78, 5) is 12.0. The maximum absolute atomic E-state index is 12.0. The molecule has 1 saturated heterocycles. The molecular formula is C16H22N2O. The Morgan fingerprint density at radius 3 is 2.95 bits per heavy atom. The number of fused-ring (bicyclic) bond motifs is 1. The van der Waals surface area contributed by atoms with Crippen LogP contribution in [0.4, 0.5) is 0 Å². The summed E-state index contributed by atoms with van der Waals surface area (Å²) < 4.78 is 0. The van der Waals surface area contributed by atoms with Gasteiger partial charge in [-0.3, -0.25) is 4.79 Å². The number of rotatable bonds is 3. The highest BCUT2D eigenvalue weighted by molar-refractivity contribution is 5.81. The van der Waals surface area contributed by atoms with Crippen LogP contribution in [0, 0.1) is 0 Å². The van der Waals surface area contributed by atoms with Crippen LogP contribution in [0.2, 0.25) is 0 Å². The van der Waals surface area contributed by atoms with Crippen molar-refractivity contribution in [1.29, 1.82) is 0 Å². The van der Waals surface area contributed by atoms with E-state index in [0.717, 1.165) is 19.4 Å². The highest BCUT2D eigenvalue weighted by Crippen LogP contribution is 2.22. The van der Waals surface area contributed by atoms with Crippen molar-refractivity contribution < 1.29 is 4.79 Å². The molecule has 0 bridgehead atoms. The summed E-state index contributed by atoms with van der Waals surface area (Å²) in [6.45, 7) is 1.63. The summed E-state index contributed by atoms with van der Waals surface area (Å²) in [7, 11) is 0. The zero-order valence-corrected chi connectivity index (χ0v) is 11.4. The number of piperidine rings is 1. The first-order chi connectivity index (χ1) is 9.33. The molecule has 1 aliphatic carbocycles. The van der Waals surface area contributed by atoms with Crippen molar-refractivity contribution in [2.75, 3.05) is 6.54 Å². The van der Waals surface area contributed by atoms with Gasteiger partial charge in [0.05, 0.1) is 6.04 Å². The van der Waals surface area contributed by atoms with Gasteiger partial charge in [0.2, 0.25) is 5.91 Å². The molecule has 0 radical (unpaired) electrons. The van der Waals surface area contributed by atoms with Crippen molar-refractivity contribution in [2.45, 2.75) is 51.1 Å². The molecule has 19 heavy (non-hydrogen) atoms. The standard InChI is InChI=1S/C16H22N2O/c19-16(15-6-1-2-9-17-15)18-11-12-7-8-13-4-3-5-14(13)10-12/h7-8,10,15,17H,1-6,9,11H2,(H,18,19). The number of nitrogens with one attached hydrogen (secondary N) is 2. The van der Waals surface area contributed by atoms with E-state index in [0.29, 0.717) is 6.54 Å². The smallest absolute Gasteiger partial charge is 0.237 e. The van der Waals surface area contributed by atoms with Crippen LogP contribution in [-0.2, 0) is 24.2 Å². The fourth-order valence-corrected chi connectivity index (χ4v) is 3.12. The van der Waals surface area contributed by atoms with E-state index < -0.39 is 0 Å². The van der Waals surface area contributed by atoms with Gasteiger partial charge in [-0.05, 0) is 55.3 Å². The zero-order valence-electron chi connectivity index (χ0n) is 11.4. The van der Waals surface area contributed by atoms with Crippen LogP contribution >= 0.6 is 0 Å². The number of hydrogen-bond donors (Lipinski definition) is 2. The highest BCUT2D eigenvalue weighted by Gasteiger charge is 2.20. The number of carbonyl (C=O) groups is 1. The minimum Gasteiger partial charge on any atom is -0.351 e. The second-order valence-corrected chi connectivity index (χ2v) is 5.68. The summed E-state index contributed by atoms with van der Waals surface area (Å²) in [6, 6.07) is 6.65. The Balaban J connectivity index is 1.55. The lowest BCUT2D eigenvalue weighted by Gasteiger charge is -2.22. The van der Waals surface area contributed by atoms with Crippen LogP contribution in [0.1, 0.15) is 42.4 Å². The van der Waals surface area contributed by atoms with Crippen molar-refractivity contribution in [3.05, 3.63) is 34.9 Å². The maximum Gasteiger partial charge on any atom is 0.237 e. The Morgan fingerprint density at radius 1 is 1.21 bits per heavy atom. The minimum absolute atomic E-state index is 0.0168. The Labute approximate surface area is 114 Å². The molecule has 3 nitrogen and oxygen atoms in total. The van der Waals surface area contributed by atoms with E-state index in [4.69, 9.17) is 0 Å². The molecule has 0 spiro atoms. The molecule has 0 aromatic heterocycles. The summed E-state index contributed by atoms with van der Waals surface area (Å²) >= 11 is 0. The van der Waals surface area contributed by atoms with Gasteiger partial charge in [-0.25, -0.2) is 0 Å². The van der Waals surface area contributed by atoms with Crippen LogP contribution in [0.25, 0.3) is 0 Å². The predicted octanol–water partition coefficient (Wildman–Crippen LogP) is 1.93. The van der Waals surface area contributed by atoms with Gasteiger partial charge in [-0.15, -0.1) is 0 Å². The Bertz CT molecular complexity index is 464. The van der Waals surface area contributed by atoms with E-state index in [2.05, 4.69) is 28.8 Å². The Morgan fingerprint density at radius 2 is 2.11 bits per heavy atom. The monoisotopic (exact) mass is 258 g/mol. The summed E-state index contributed by atoms with van der Waals surface area (Å²) in [5.74, 6) is 0.153. The molecule has 1 aromatic carbocycles. The molecule has 1 atom stereocenters. The van der Waals surface area contributed by atoms with Crippen LogP contribution in [0.5, 0.6) is 0 Å². The van der Waals surface area contributed by atoms with Crippen LogP contribution in [0.15, 0.2) is 18.2 Å². The lowest BCUT2D eigenvalue weighted by Crippen LogP contribution is -2.46. The molecule has 1 unspecified atom stereocenters. The van der Waals surface area contributed by atoms with Gasteiger partial charge >= 0.3 is 0 Å². The largest absolute Gasteiger partial charge is 0.351 e. The van der Waals surface area contributed by atoms with Gasteiger partial charge in [0.25, 0.3) is 0 Å². The molecule has 102 valence electrons. The third-order valence-electron chi connectivity index (χ3n) is 4.26. The molecule has 1 amide bonds. The third-order valence-corrected chi connectivity index (χ3v) is 4.26. The third kappa shape index (κ3) is 2.98. The number of amides is 1. The first kappa shape index (κ1) is 12.7. The second kappa shape index (κ2) is 5.74. The number of aryl methyl sites for hydroxylation is 2. The van der Waals surface area contributed by atoms with Gasteiger partial charge in [-0.1, -0.05) is 24.6 Å². The predicted molar refractivity (Wildman–Crippen MR) is 76.0 cm³/mol. The minimum atomic E-state index is 0.0168. The second-order valence-electron chi connectivity index (χ2n) is 5.68. The zero-order chi connectivity index (χ0) is 13.1. The number of hydrogen-bond acceptors (Lipinski definition) is 2. The average molecular weight is 258 g/mol. The van der Waals surface area contributed by atoms with Crippen LogP contribution in [-0.4, -0.2) is 18.5 Å². The van der Waals surface area contributed by atoms with Crippen molar-refractivity contribution >= 4 is 5.91 Å². The molecule has 1 aromatic rings. The average Bonchev–Trinajstić information content (AvgIpc) is 2.93. The molecule has 3 rings (SSSR count). The summed E-state index contributed by atoms with van der Waals surface area (Å²) in [5, 5.41) is 6.34. The van der Waals surface area contributed by atoms with E-state index in [1.807, 2.05) is 0 Å². The molecule has 3 heteroatoms. The normalized spacial score (nSPS) is 22.0. The maximum atomic E-state index is 12.0. The fourth-order valence-electron chi connectivity index (χ4n) is 3.12. The van der Waals surface area contributed by atoms with Gasteiger partial charge in [0, 0.05) is 6.54 Å². The van der Waals surface area contributed by atoms with E-state index >= 15 is 0 Å². The molecule has 1 heterocycles. The van der Waals surface area contributed by atoms with Crippen molar-refractivity contribution in [3.63, 3.8) is 0 Å². The molecule has 0 saturated carbocycles. The molecular weight excluding hydrogens is 236 g/mol. The van der Waals surface area contributed by atoms with E-state index in [1.165, 1.54) is 42.4 Å². The molecule has 2 N–H and O–H groups in total. The van der Waals surface area contributed by atoms with Crippen LogP contribution in [0.3, 0.4) is 0 Å². The molecule has 1 aliphatic heterocycles. The van der Waals surface area contributed by atoms with E-state index in [1.54, 1.807) is 0 Å². The molecule has 2 aliphatic rings. The van der Waals surface area contributed by atoms with Gasteiger partial charge < -0.3 is 10.6 Å². The SMILES string of the molecule is O=C(NCc1ccc2c(c1)CCC2)C1CCCCN1. The van der Waals surface area contributed by atoms with Gasteiger partial charge in [0.1, 0.15) is 0 Å². The first-order valence-electron chi connectivity index (χ1n) is 7.45. The quantitative estimate of drug-likeness (QED) is 0.870. The fraction of sp³-hybridized carbons (Fsp3) is 0.562.